The van der Waals surface area contributed by atoms with Crippen molar-refractivity contribution in [2.75, 3.05) is 11.9 Å². The lowest BCUT2D eigenvalue weighted by molar-refractivity contribution is -0.119. The maximum absolute atomic E-state index is 11.5. The minimum Gasteiger partial charge on any atom is -0.508 e. The van der Waals surface area contributed by atoms with E-state index in [1.165, 1.54) is 0 Å². The van der Waals surface area contributed by atoms with E-state index in [4.69, 9.17) is 0 Å². The molecule has 0 spiro atoms. The lowest BCUT2D eigenvalue weighted by Crippen LogP contribution is -2.32. The highest BCUT2D eigenvalue weighted by Gasteiger charge is 2.26. The van der Waals surface area contributed by atoms with Gasteiger partial charge in [-0.05, 0) is 29.7 Å². The Morgan fingerprint density at radius 1 is 1.50 bits per heavy atom. The number of phenolic OH excluding ortho intramolecular Hbond substituents is 1. The van der Waals surface area contributed by atoms with Crippen LogP contribution in [-0.4, -0.2) is 18.1 Å². The molecule has 3 heteroatoms. The molecule has 1 aromatic carbocycles. The quantitative estimate of drug-likeness (QED) is 0.680. The van der Waals surface area contributed by atoms with E-state index in [0.29, 0.717) is 6.42 Å². The SMILES string of the molecule is C[C@@H]1CC(=O)N(C)c2ccc(O)cc21. The Morgan fingerprint density at radius 2 is 2.21 bits per heavy atom. The van der Waals surface area contributed by atoms with Crippen LogP contribution in [-0.2, 0) is 4.79 Å². The molecule has 14 heavy (non-hydrogen) atoms. The number of amides is 1. The van der Waals surface area contributed by atoms with E-state index >= 15 is 0 Å². The molecule has 0 aliphatic carbocycles. The summed E-state index contributed by atoms with van der Waals surface area (Å²) in [6.45, 7) is 2.00. The van der Waals surface area contributed by atoms with Crippen LogP contribution in [0.15, 0.2) is 18.2 Å². The third-order valence-electron chi connectivity index (χ3n) is 2.76. The summed E-state index contributed by atoms with van der Waals surface area (Å²) in [7, 11) is 1.77. The minimum absolute atomic E-state index is 0.135. The molecule has 1 N–H and O–H groups in total. The Hall–Kier alpha value is -1.51. The molecule has 0 bridgehead atoms. The van der Waals surface area contributed by atoms with E-state index in [1.54, 1.807) is 30.1 Å². The normalized spacial score (nSPS) is 20.9. The number of carbonyl (C=O) groups is 1. The average Bonchev–Trinajstić information content (AvgIpc) is 2.14. The number of aromatic hydroxyl groups is 1. The maximum Gasteiger partial charge on any atom is 0.227 e. The molecule has 1 aliphatic rings. The predicted octanol–water partition coefficient (Wildman–Crippen LogP) is 1.86. The first kappa shape index (κ1) is 9.06. The minimum atomic E-state index is 0.135. The molecule has 1 aromatic rings. The van der Waals surface area contributed by atoms with Gasteiger partial charge in [-0.25, -0.2) is 0 Å². The van der Waals surface area contributed by atoms with Crippen LogP contribution in [0.4, 0.5) is 5.69 Å². The Labute approximate surface area is 83.0 Å². The number of fused-ring (bicyclic) bond motifs is 1. The van der Waals surface area contributed by atoms with Gasteiger partial charge in [0.15, 0.2) is 0 Å². The average molecular weight is 191 g/mol. The molecule has 2 rings (SSSR count). The molecule has 1 atom stereocenters. The Balaban J connectivity index is 2.55. The molecule has 3 nitrogen and oxygen atoms in total. The second-order valence-corrected chi connectivity index (χ2v) is 3.80. The van der Waals surface area contributed by atoms with Gasteiger partial charge in [-0.2, -0.15) is 0 Å². The molecule has 0 saturated carbocycles. The van der Waals surface area contributed by atoms with Crippen molar-refractivity contribution in [3.8, 4) is 5.75 Å². The summed E-state index contributed by atoms with van der Waals surface area (Å²) in [6.07, 6.45) is 0.521. The number of rotatable bonds is 0. The van der Waals surface area contributed by atoms with E-state index in [0.717, 1.165) is 11.3 Å². The summed E-state index contributed by atoms with van der Waals surface area (Å²) in [6, 6.07) is 5.14. The Kier molecular flexibility index (Phi) is 1.95. The highest BCUT2D eigenvalue weighted by Crippen LogP contribution is 2.36. The number of hydrogen-bond acceptors (Lipinski definition) is 2. The van der Waals surface area contributed by atoms with E-state index in [2.05, 4.69) is 0 Å². The van der Waals surface area contributed by atoms with Gasteiger partial charge in [0, 0.05) is 19.2 Å². The van der Waals surface area contributed by atoms with E-state index in [1.807, 2.05) is 6.92 Å². The molecule has 1 heterocycles. The van der Waals surface area contributed by atoms with Crippen LogP contribution in [0.25, 0.3) is 0 Å². The number of anilines is 1. The Morgan fingerprint density at radius 3 is 2.93 bits per heavy atom. The lowest BCUT2D eigenvalue weighted by atomic mass is 9.91. The van der Waals surface area contributed by atoms with Crippen molar-refractivity contribution in [3.05, 3.63) is 23.8 Å². The summed E-state index contributed by atoms with van der Waals surface area (Å²) in [5.41, 5.74) is 1.96. The summed E-state index contributed by atoms with van der Waals surface area (Å²) in [4.78, 5) is 13.2. The van der Waals surface area contributed by atoms with Gasteiger partial charge >= 0.3 is 0 Å². The molecule has 0 fully saturated rings. The van der Waals surface area contributed by atoms with Crippen LogP contribution in [0.1, 0.15) is 24.8 Å². The summed E-state index contributed by atoms with van der Waals surface area (Å²) in [5, 5.41) is 9.35. The molecule has 1 amide bonds. The monoisotopic (exact) mass is 191 g/mol. The first-order valence-corrected chi connectivity index (χ1v) is 4.69. The van der Waals surface area contributed by atoms with Gasteiger partial charge in [0.05, 0.1) is 0 Å². The summed E-state index contributed by atoms with van der Waals surface area (Å²) in [5.74, 6) is 0.592. The molecular weight excluding hydrogens is 178 g/mol. The van der Waals surface area contributed by atoms with Crippen molar-refractivity contribution in [2.45, 2.75) is 19.3 Å². The van der Waals surface area contributed by atoms with Gasteiger partial charge in [0.1, 0.15) is 5.75 Å². The molecule has 1 aliphatic heterocycles. The molecule has 0 radical (unpaired) electrons. The number of phenols is 1. The van der Waals surface area contributed by atoms with Crippen molar-refractivity contribution < 1.29 is 9.90 Å². The fourth-order valence-electron chi connectivity index (χ4n) is 1.89. The van der Waals surface area contributed by atoms with Gasteiger partial charge in [0.25, 0.3) is 0 Å². The van der Waals surface area contributed by atoms with Crippen molar-refractivity contribution >= 4 is 11.6 Å². The zero-order valence-electron chi connectivity index (χ0n) is 8.32. The molecule has 0 unspecified atom stereocenters. The van der Waals surface area contributed by atoms with Crippen LogP contribution in [0, 0.1) is 0 Å². The van der Waals surface area contributed by atoms with Crippen molar-refractivity contribution in [1.29, 1.82) is 0 Å². The second-order valence-electron chi connectivity index (χ2n) is 3.80. The van der Waals surface area contributed by atoms with Gasteiger partial charge in [0.2, 0.25) is 5.91 Å². The smallest absolute Gasteiger partial charge is 0.227 e. The second kappa shape index (κ2) is 3.01. The van der Waals surface area contributed by atoms with Crippen LogP contribution >= 0.6 is 0 Å². The summed E-state index contributed by atoms with van der Waals surface area (Å²) >= 11 is 0. The van der Waals surface area contributed by atoms with E-state index in [-0.39, 0.29) is 17.6 Å². The van der Waals surface area contributed by atoms with Crippen molar-refractivity contribution in [2.24, 2.45) is 0 Å². The zero-order valence-corrected chi connectivity index (χ0v) is 8.32. The topological polar surface area (TPSA) is 40.5 Å². The summed E-state index contributed by atoms with van der Waals surface area (Å²) < 4.78 is 0. The third kappa shape index (κ3) is 1.25. The molecule has 0 saturated heterocycles. The van der Waals surface area contributed by atoms with E-state index in [9.17, 15) is 9.90 Å². The van der Waals surface area contributed by atoms with E-state index < -0.39 is 0 Å². The molecule has 0 aromatic heterocycles. The fraction of sp³-hybridized carbons (Fsp3) is 0.364. The zero-order chi connectivity index (χ0) is 10.3. The standard InChI is InChI=1S/C11H13NO2/c1-7-5-11(14)12(2)10-4-3-8(13)6-9(7)10/h3-4,6-7,13H,5H2,1-2H3/t7-/m1/s1. The molecular formula is C11H13NO2. The lowest BCUT2D eigenvalue weighted by Gasteiger charge is -2.29. The highest BCUT2D eigenvalue weighted by molar-refractivity contribution is 5.96. The third-order valence-corrected chi connectivity index (χ3v) is 2.76. The maximum atomic E-state index is 11.5. The van der Waals surface area contributed by atoms with Gasteiger partial charge in [-0.1, -0.05) is 6.92 Å². The Bertz CT molecular complexity index is 387. The van der Waals surface area contributed by atoms with Crippen LogP contribution in [0.3, 0.4) is 0 Å². The number of benzene rings is 1. The largest absolute Gasteiger partial charge is 0.508 e. The predicted molar refractivity (Wildman–Crippen MR) is 54.5 cm³/mol. The first-order chi connectivity index (χ1) is 6.59. The van der Waals surface area contributed by atoms with Crippen molar-refractivity contribution in [3.63, 3.8) is 0 Å². The molecule has 74 valence electrons. The van der Waals surface area contributed by atoms with Gasteiger partial charge in [-0.3, -0.25) is 4.79 Å². The fourth-order valence-corrected chi connectivity index (χ4v) is 1.89. The first-order valence-electron chi connectivity index (χ1n) is 4.69. The highest BCUT2D eigenvalue weighted by atomic mass is 16.3. The van der Waals surface area contributed by atoms with Crippen molar-refractivity contribution in [1.82, 2.24) is 0 Å². The van der Waals surface area contributed by atoms with Gasteiger partial charge in [-0.15, -0.1) is 0 Å². The number of nitrogens with zero attached hydrogens (tertiary/aromatic N) is 1. The van der Waals surface area contributed by atoms with Crippen LogP contribution in [0.5, 0.6) is 5.75 Å². The number of carbonyl (C=O) groups excluding carboxylic acids is 1. The van der Waals surface area contributed by atoms with Gasteiger partial charge < -0.3 is 10.0 Å². The number of hydrogen-bond donors (Lipinski definition) is 1. The van der Waals surface area contributed by atoms with Crippen LogP contribution in [0.2, 0.25) is 0 Å². The van der Waals surface area contributed by atoms with Crippen LogP contribution < -0.4 is 4.90 Å².